The van der Waals surface area contributed by atoms with Gasteiger partial charge in [0.1, 0.15) is 0 Å². The monoisotopic (exact) mass is 188 g/mol. The molecule has 13 heavy (non-hydrogen) atoms. The summed E-state index contributed by atoms with van der Waals surface area (Å²) in [6, 6.07) is 0. The Labute approximate surface area is 75.0 Å². The predicted octanol–water partition coefficient (Wildman–Crippen LogP) is -0.0672. The van der Waals surface area contributed by atoms with Gasteiger partial charge in [-0.2, -0.15) is 0 Å². The third kappa shape index (κ3) is 1.98. The topological polar surface area (TPSA) is 94.8 Å². The molecule has 3 atom stereocenters. The lowest BCUT2D eigenvalue weighted by Crippen LogP contribution is -2.41. The van der Waals surface area contributed by atoms with Gasteiger partial charge in [-0.25, -0.2) is 0 Å². The number of hydrogen-bond donors (Lipinski definition) is 3. The summed E-state index contributed by atoms with van der Waals surface area (Å²) < 4.78 is 0. The summed E-state index contributed by atoms with van der Waals surface area (Å²) in [5.74, 6) is -4.45. The lowest BCUT2D eigenvalue weighted by Gasteiger charge is -2.29. The van der Waals surface area contributed by atoms with Gasteiger partial charge in [-0.1, -0.05) is 0 Å². The number of aliphatic carboxylic acids is 2. The van der Waals surface area contributed by atoms with Gasteiger partial charge in [0.25, 0.3) is 0 Å². The normalized spacial score (nSPS) is 34.1. The second-order valence-corrected chi connectivity index (χ2v) is 3.31. The van der Waals surface area contributed by atoms with Gasteiger partial charge in [-0.15, -0.1) is 0 Å². The van der Waals surface area contributed by atoms with E-state index in [1.807, 2.05) is 0 Å². The average Bonchev–Trinajstić information content (AvgIpc) is 2.02. The fourth-order valence-corrected chi connectivity index (χ4v) is 1.79. The minimum atomic E-state index is -1.22. The Kier molecular flexibility index (Phi) is 2.87. The van der Waals surface area contributed by atoms with Crippen LogP contribution in [0.5, 0.6) is 0 Å². The van der Waals surface area contributed by atoms with Gasteiger partial charge in [0.15, 0.2) is 0 Å². The molecule has 74 valence electrons. The van der Waals surface area contributed by atoms with Crippen LogP contribution in [0.1, 0.15) is 19.3 Å². The van der Waals surface area contributed by atoms with Crippen molar-refractivity contribution >= 4 is 11.9 Å². The second kappa shape index (κ2) is 3.74. The van der Waals surface area contributed by atoms with E-state index < -0.39 is 29.9 Å². The van der Waals surface area contributed by atoms with Crippen LogP contribution in [0.2, 0.25) is 0 Å². The SMILES string of the molecule is O=C(O)C1CCCC(O)C1C(=O)O. The molecule has 1 rings (SSSR count). The molecule has 3 unspecified atom stereocenters. The molecule has 0 aromatic rings. The second-order valence-electron chi connectivity index (χ2n) is 3.31. The van der Waals surface area contributed by atoms with E-state index in [1.165, 1.54) is 0 Å². The van der Waals surface area contributed by atoms with Crippen molar-refractivity contribution in [3.05, 3.63) is 0 Å². The van der Waals surface area contributed by atoms with Gasteiger partial charge in [0.2, 0.25) is 0 Å². The van der Waals surface area contributed by atoms with E-state index in [0.29, 0.717) is 19.3 Å². The van der Waals surface area contributed by atoms with Crippen LogP contribution in [0.3, 0.4) is 0 Å². The molecule has 0 aromatic carbocycles. The summed E-state index contributed by atoms with van der Waals surface area (Å²) in [4.78, 5) is 21.3. The highest BCUT2D eigenvalue weighted by Gasteiger charge is 2.41. The zero-order chi connectivity index (χ0) is 10.0. The number of hydrogen-bond acceptors (Lipinski definition) is 3. The number of aliphatic hydroxyl groups excluding tert-OH is 1. The Hall–Kier alpha value is -1.10. The van der Waals surface area contributed by atoms with E-state index in [1.54, 1.807) is 0 Å². The van der Waals surface area contributed by atoms with E-state index in [0.717, 1.165) is 0 Å². The lowest BCUT2D eigenvalue weighted by molar-refractivity contribution is -0.161. The summed E-state index contributed by atoms with van der Waals surface area (Å²) in [6.07, 6.45) is 0.263. The first kappa shape index (κ1) is 9.98. The highest BCUT2D eigenvalue weighted by Crippen LogP contribution is 2.30. The molecule has 1 aliphatic rings. The molecular formula is C8H12O5. The molecule has 5 nitrogen and oxygen atoms in total. The zero-order valence-electron chi connectivity index (χ0n) is 7.01. The highest BCUT2D eigenvalue weighted by molar-refractivity contribution is 5.80. The van der Waals surface area contributed by atoms with Crippen LogP contribution < -0.4 is 0 Å². The Morgan fingerprint density at radius 1 is 1.08 bits per heavy atom. The van der Waals surface area contributed by atoms with Crippen molar-refractivity contribution in [3.63, 3.8) is 0 Å². The molecule has 3 N–H and O–H groups in total. The summed E-state index contributed by atoms with van der Waals surface area (Å²) in [5, 5.41) is 26.7. The van der Waals surface area contributed by atoms with Crippen LogP contribution in [0.25, 0.3) is 0 Å². The van der Waals surface area contributed by atoms with E-state index in [9.17, 15) is 14.7 Å². The summed E-state index contributed by atoms with van der Waals surface area (Å²) >= 11 is 0. The van der Waals surface area contributed by atoms with Crippen molar-refractivity contribution < 1.29 is 24.9 Å². The van der Waals surface area contributed by atoms with Crippen molar-refractivity contribution in [2.75, 3.05) is 0 Å². The minimum absolute atomic E-state index is 0.337. The summed E-state index contributed by atoms with van der Waals surface area (Å²) in [7, 11) is 0. The third-order valence-electron chi connectivity index (χ3n) is 2.47. The summed E-state index contributed by atoms with van der Waals surface area (Å²) in [6.45, 7) is 0. The molecular weight excluding hydrogens is 176 g/mol. The largest absolute Gasteiger partial charge is 0.481 e. The van der Waals surface area contributed by atoms with Gasteiger partial charge in [0, 0.05) is 0 Å². The highest BCUT2D eigenvalue weighted by atomic mass is 16.4. The molecule has 0 amide bonds. The van der Waals surface area contributed by atoms with Crippen molar-refractivity contribution in [1.29, 1.82) is 0 Å². The Morgan fingerprint density at radius 2 is 1.69 bits per heavy atom. The first-order chi connectivity index (χ1) is 6.04. The number of rotatable bonds is 2. The standard InChI is InChI=1S/C8H12O5/c9-5-3-1-2-4(7(10)11)6(5)8(12)13/h4-6,9H,1-3H2,(H,10,11)(H,12,13). The average molecular weight is 188 g/mol. The molecule has 0 heterocycles. The smallest absolute Gasteiger partial charge is 0.310 e. The van der Waals surface area contributed by atoms with Crippen LogP contribution in [0.4, 0.5) is 0 Å². The number of carboxylic acids is 2. The number of aliphatic hydroxyl groups is 1. The van der Waals surface area contributed by atoms with Crippen LogP contribution in [-0.4, -0.2) is 33.4 Å². The molecule has 0 bridgehead atoms. The maximum atomic E-state index is 10.7. The maximum Gasteiger partial charge on any atom is 0.310 e. The third-order valence-corrected chi connectivity index (χ3v) is 2.47. The minimum Gasteiger partial charge on any atom is -0.481 e. The lowest BCUT2D eigenvalue weighted by atomic mass is 9.77. The Bertz CT molecular complexity index is 225. The summed E-state index contributed by atoms with van der Waals surface area (Å²) in [5.41, 5.74) is 0. The van der Waals surface area contributed by atoms with Gasteiger partial charge >= 0.3 is 11.9 Å². The van der Waals surface area contributed by atoms with Crippen molar-refractivity contribution in [1.82, 2.24) is 0 Å². The Morgan fingerprint density at radius 3 is 2.08 bits per heavy atom. The molecule has 1 fully saturated rings. The van der Waals surface area contributed by atoms with Crippen LogP contribution in [-0.2, 0) is 9.59 Å². The molecule has 0 radical (unpaired) electrons. The molecule has 0 aromatic heterocycles. The van der Waals surface area contributed by atoms with Gasteiger partial charge in [-0.05, 0) is 19.3 Å². The molecule has 0 spiro atoms. The van der Waals surface area contributed by atoms with Crippen molar-refractivity contribution in [2.45, 2.75) is 25.4 Å². The van der Waals surface area contributed by atoms with Crippen LogP contribution in [0, 0.1) is 11.8 Å². The number of carboxylic acid groups (broad SMARTS) is 2. The number of carbonyl (C=O) groups is 2. The van der Waals surface area contributed by atoms with E-state index in [4.69, 9.17) is 10.2 Å². The van der Waals surface area contributed by atoms with Gasteiger partial charge < -0.3 is 15.3 Å². The van der Waals surface area contributed by atoms with Crippen molar-refractivity contribution in [2.24, 2.45) is 11.8 Å². The van der Waals surface area contributed by atoms with Gasteiger partial charge in [0.05, 0.1) is 17.9 Å². The predicted molar refractivity (Wildman–Crippen MR) is 42.1 cm³/mol. The molecule has 0 aliphatic heterocycles. The fraction of sp³-hybridized carbons (Fsp3) is 0.750. The first-order valence-electron chi connectivity index (χ1n) is 4.17. The maximum absolute atomic E-state index is 10.7. The van der Waals surface area contributed by atoms with Gasteiger partial charge in [-0.3, -0.25) is 9.59 Å². The van der Waals surface area contributed by atoms with Crippen LogP contribution >= 0.6 is 0 Å². The quantitative estimate of drug-likeness (QED) is 0.564. The fourth-order valence-electron chi connectivity index (χ4n) is 1.79. The van der Waals surface area contributed by atoms with E-state index in [-0.39, 0.29) is 0 Å². The molecule has 1 saturated carbocycles. The first-order valence-corrected chi connectivity index (χ1v) is 4.17. The molecule has 5 heteroatoms. The Balaban J connectivity index is 2.80. The zero-order valence-corrected chi connectivity index (χ0v) is 7.01. The molecule has 0 saturated heterocycles. The molecule has 1 aliphatic carbocycles. The van der Waals surface area contributed by atoms with Crippen LogP contribution in [0.15, 0.2) is 0 Å². The van der Waals surface area contributed by atoms with E-state index >= 15 is 0 Å². The van der Waals surface area contributed by atoms with E-state index in [2.05, 4.69) is 0 Å². The van der Waals surface area contributed by atoms with Crippen molar-refractivity contribution in [3.8, 4) is 0 Å².